The van der Waals surface area contributed by atoms with Gasteiger partial charge in [0.15, 0.2) is 0 Å². The van der Waals surface area contributed by atoms with Crippen LogP contribution < -0.4 is 4.90 Å². The van der Waals surface area contributed by atoms with Gasteiger partial charge in [0.1, 0.15) is 0 Å². The molecule has 1 aromatic rings. The third-order valence-corrected chi connectivity index (χ3v) is 3.64. The molecule has 1 aliphatic carbocycles. The minimum atomic E-state index is -0.371. The summed E-state index contributed by atoms with van der Waals surface area (Å²) in [7, 11) is 0. The van der Waals surface area contributed by atoms with E-state index < -0.39 is 0 Å². The second kappa shape index (κ2) is 5.75. The van der Waals surface area contributed by atoms with Gasteiger partial charge in [0.05, 0.1) is 6.10 Å². The van der Waals surface area contributed by atoms with E-state index in [-0.39, 0.29) is 6.10 Å². The molecule has 0 aromatic heterocycles. The van der Waals surface area contributed by atoms with Crippen molar-refractivity contribution in [3.05, 3.63) is 29.8 Å². The number of nitrogens with zero attached hydrogens (tertiary/aromatic N) is 1. The molecule has 2 heteroatoms. The summed E-state index contributed by atoms with van der Waals surface area (Å²) < 4.78 is 0. The molecule has 1 aromatic carbocycles. The third-order valence-electron chi connectivity index (χ3n) is 3.64. The molecule has 2 nitrogen and oxygen atoms in total. The van der Waals surface area contributed by atoms with E-state index in [1.54, 1.807) is 0 Å². The molecule has 1 saturated carbocycles. The first kappa shape index (κ1) is 13.4. The highest BCUT2D eigenvalue weighted by Crippen LogP contribution is 2.32. The quantitative estimate of drug-likeness (QED) is 0.827. The van der Waals surface area contributed by atoms with Gasteiger partial charge in [0.2, 0.25) is 0 Å². The molecular weight excluding hydrogens is 222 g/mol. The SMILES string of the molecule is CC(C)CCN(c1ccc(C(C)O)cc1)C1CC1. The molecule has 0 spiro atoms. The lowest BCUT2D eigenvalue weighted by Gasteiger charge is -2.26. The van der Waals surface area contributed by atoms with Crippen molar-refractivity contribution in [3.8, 4) is 0 Å². The molecule has 1 atom stereocenters. The Bertz CT molecular complexity index is 365. The molecule has 0 radical (unpaired) electrons. The first-order valence-electron chi connectivity index (χ1n) is 7.12. The van der Waals surface area contributed by atoms with Crippen molar-refractivity contribution in [1.82, 2.24) is 0 Å². The summed E-state index contributed by atoms with van der Waals surface area (Å²) >= 11 is 0. The highest BCUT2D eigenvalue weighted by atomic mass is 16.3. The zero-order chi connectivity index (χ0) is 13.1. The zero-order valence-electron chi connectivity index (χ0n) is 11.8. The Balaban J connectivity index is 2.05. The second-order valence-corrected chi connectivity index (χ2v) is 5.87. The molecule has 0 amide bonds. The van der Waals surface area contributed by atoms with Crippen molar-refractivity contribution in [2.24, 2.45) is 5.92 Å². The molecule has 1 N–H and O–H groups in total. The Kier molecular flexibility index (Phi) is 4.28. The van der Waals surface area contributed by atoms with E-state index in [1.807, 2.05) is 19.1 Å². The third kappa shape index (κ3) is 3.49. The van der Waals surface area contributed by atoms with E-state index in [9.17, 15) is 5.11 Å². The number of hydrogen-bond donors (Lipinski definition) is 1. The summed E-state index contributed by atoms with van der Waals surface area (Å²) in [6.45, 7) is 7.52. The summed E-state index contributed by atoms with van der Waals surface area (Å²) in [5.74, 6) is 0.753. The largest absolute Gasteiger partial charge is 0.389 e. The van der Waals surface area contributed by atoms with Crippen LogP contribution >= 0.6 is 0 Å². The van der Waals surface area contributed by atoms with E-state index in [0.29, 0.717) is 0 Å². The van der Waals surface area contributed by atoms with Gasteiger partial charge >= 0.3 is 0 Å². The summed E-state index contributed by atoms with van der Waals surface area (Å²) in [6.07, 6.45) is 3.53. The standard InChI is InChI=1S/C16H25NO/c1-12(2)10-11-17(16-8-9-16)15-6-4-14(5-7-15)13(3)18/h4-7,12-13,16,18H,8-11H2,1-3H3. The summed E-state index contributed by atoms with van der Waals surface area (Å²) in [4.78, 5) is 2.53. The van der Waals surface area contributed by atoms with Gasteiger partial charge in [-0.3, -0.25) is 0 Å². The average molecular weight is 247 g/mol. The molecule has 18 heavy (non-hydrogen) atoms. The average Bonchev–Trinajstić information content (AvgIpc) is 3.14. The van der Waals surface area contributed by atoms with Crippen molar-refractivity contribution in [3.63, 3.8) is 0 Å². The number of rotatable bonds is 6. The van der Waals surface area contributed by atoms with Crippen LogP contribution in [0.25, 0.3) is 0 Å². The van der Waals surface area contributed by atoms with Gasteiger partial charge in [-0.1, -0.05) is 26.0 Å². The van der Waals surface area contributed by atoms with Gasteiger partial charge in [0, 0.05) is 18.3 Å². The number of hydrogen-bond acceptors (Lipinski definition) is 2. The number of benzene rings is 1. The van der Waals surface area contributed by atoms with E-state index in [2.05, 4.69) is 30.9 Å². The molecule has 1 unspecified atom stereocenters. The van der Waals surface area contributed by atoms with Crippen molar-refractivity contribution in [2.45, 2.75) is 52.2 Å². The fourth-order valence-electron chi connectivity index (χ4n) is 2.25. The Morgan fingerprint density at radius 3 is 2.22 bits per heavy atom. The molecular formula is C16H25NO. The van der Waals surface area contributed by atoms with Crippen LogP contribution in [0.2, 0.25) is 0 Å². The van der Waals surface area contributed by atoms with Gasteiger partial charge in [0.25, 0.3) is 0 Å². The Hall–Kier alpha value is -1.02. The van der Waals surface area contributed by atoms with E-state index >= 15 is 0 Å². The maximum Gasteiger partial charge on any atom is 0.0761 e. The van der Waals surface area contributed by atoms with Crippen molar-refractivity contribution >= 4 is 5.69 Å². The fraction of sp³-hybridized carbons (Fsp3) is 0.625. The van der Waals surface area contributed by atoms with Crippen molar-refractivity contribution in [1.29, 1.82) is 0 Å². The van der Waals surface area contributed by atoms with Gasteiger partial charge in [-0.05, 0) is 49.8 Å². The topological polar surface area (TPSA) is 23.5 Å². The minimum absolute atomic E-state index is 0.371. The van der Waals surface area contributed by atoms with Crippen LogP contribution in [0.4, 0.5) is 5.69 Å². The van der Waals surface area contributed by atoms with Crippen LogP contribution in [-0.4, -0.2) is 17.7 Å². The van der Waals surface area contributed by atoms with Gasteiger partial charge in [-0.25, -0.2) is 0 Å². The number of aliphatic hydroxyl groups is 1. The smallest absolute Gasteiger partial charge is 0.0761 e. The zero-order valence-corrected chi connectivity index (χ0v) is 11.8. The minimum Gasteiger partial charge on any atom is -0.389 e. The summed E-state index contributed by atoms with van der Waals surface area (Å²) in [5, 5.41) is 9.54. The first-order valence-corrected chi connectivity index (χ1v) is 7.12. The molecule has 0 saturated heterocycles. The van der Waals surface area contributed by atoms with Crippen LogP contribution in [0.1, 0.15) is 51.7 Å². The van der Waals surface area contributed by atoms with Crippen LogP contribution in [0.15, 0.2) is 24.3 Å². The van der Waals surface area contributed by atoms with E-state index in [1.165, 1.54) is 24.9 Å². The maximum absolute atomic E-state index is 9.54. The predicted molar refractivity (Wildman–Crippen MR) is 76.9 cm³/mol. The maximum atomic E-state index is 9.54. The first-order chi connectivity index (χ1) is 8.58. The van der Waals surface area contributed by atoms with Crippen LogP contribution in [0, 0.1) is 5.92 Å². The van der Waals surface area contributed by atoms with Crippen molar-refractivity contribution < 1.29 is 5.11 Å². The molecule has 1 fully saturated rings. The fourth-order valence-corrected chi connectivity index (χ4v) is 2.25. The highest BCUT2D eigenvalue weighted by molar-refractivity contribution is 5.50. The van der Waals surface area contributed by atoms with Gasteiger partial charge in [-0.2, -0.15) is 0 Å². The number of aliphatic hydroxyl groups excluding tert-OH is 1. The van der Waals surface area contributed by atoms with Crippen LogP contribution in [0.5, 0.6) is 0 Å². The van der Waals surface area contributed by atoms with Gasteiger partial charge in [-0.15, -0.1) is 0 Å². The van der Waals surface area contributed by atoms with E-state index in [0.717, 1.165) is 24.1 Å². The highest BCUT2D eigenvalue weighted by Gasteiger charge is 2.28. The molecule has 2 rings (SSSR count). The lowest BCUT2D eigenvalue weighted by Crippen LogP contribution is -2.27. The molecule has 100 valence electrons. The van der Waals surface area contributed by atoms with Crippen molar-refractivity contribution in [2.75, 3.05) is 11.4 Å². The van der Waals surface area contributed by atoms with E-state index in [4.69, 9.17) is 0 Å². The van der Waals surface area contributed by atoms with Gasteiger partial charge < -0.3 is 10.0 Å². The monoisotopic (exact) mass is 247 g/mol. The molecule has 0 bridgehead atoms. The Labute approximate surface area is 111 Å². The second-order valence-electron chi connectivity index (χ2n) is 5.87. The lowest BCUT2D eigenvalue weighted by atomic mass is 10.1. The molecule has 0 heterocycles. The normalized spacial score (nSPS) is 16.9. The lowest BCUT2D eigenvalue weighted by molar-refractivity contribution is 0.199. The Morgan fingerprint density at radius 2 is 1.78 bits per heavy atom. The van der Waals surface area contributed by atoms with Crippen LogP contribution in [-0.2, 0) is 0 Å². The molecule has 0 aliphatic heterocycles. The Morgan fingerprint density at radius 1 is 1.17 bits per heavy atom. The summed E-state index contributed by atoms with van der Waals surface area (Å²) in [5.41, 5.74) is 2.31. The molecule has 1 aliphatic rings. The summed E-state index contributed by atoms with van der Waals surface area (Å²) in [6, 6.07) is 9.15. The number of anilines is 1. The predicted octanol–water partition coefficient (Wildman–Crippen LogP) is 3.75. The van der Waals surface area contributed by atoms with Crippen LogP contribution in [0.3, 0.4) is 0 Å².